The molecule has 0 aromatic heterocycles. The van der Waals surface area contributed by atoms with Gasteiger partial charge in [0, 0.05) is 6.61 Å². The summed E-state index contributed by atoms with van der Waals surface area (Å²) < 4.78 is 17.8. The lowest BCUT2D eigenvalue weighted by molar-refractivity contribution is 0.303. The van der Waals surface area contributed by atoms with Crippen LogP contribution in [-0.4, -0.2) is 18.8 Å². The van der Waals surface area contributed by atoms with E-state index < -0.39 is 0 Å². The highest BCUT2D eigenvalue weighted by Gasteiger charge is 2.00. The Balaban J connectivity index is 2.79. The highest BCUT2D eigenvalue weighted by atomic mass is 19.1. The van der Waals surface area contributed by atoms with Crippen molar-refractivity contribution in [2.24, 2.45) is 0 Å². The zero-order valence-electron chi connectivity index (χ0n) is 8.03. The summed E-state index contributed by atoms with van der Waals surface area (Å²) in [6.07, 6.45) is 4.24. The van der Waals surface area contributed by atoms with Crippen molar-refractivity contribution in [1.29, 1.82) is 0 Å². The van der Waals surface area contributed by atoms with Crippen molar-refractivity contribution >= 4 is 6.08 Å². The van der Waals surface area contributed by atoms with E-state index in [4.69, 9.17) is 9.84 Å². The van der Waals surface area contributed by atoms with Gasteiger partial charge in [-0.1, -0.05) is 18.2 Å². The first-order chi connectivity index (χ1) is 6.77. The van der Waals surface area contributed by atoms with Crippen LogP contribution in [0.3, 0.4) is 0 Å². The lowest BCUT2D eigenvalue weighted by atomic mass is 10.2. The van der Waals surface area contributed by atoms with Crippen LogP contribution in [-0.2, 0) is 0 Å². The standard InChI is InChI=1S/C11H13FO2/c1-14-11-8-9(4-2-3-7-13)5-6-10(11)12/h2,4-6,8,13H,3,7H2,1H3. The average Bonchev–Trinajstić information content (AvgIpc) is 2.21. The van der Waals surface area contributed by atoms with Crippen LogP contribution in [0.1, 0.15) is 12.0 Å². The minimum Gasteiger partial charge on any atom is -0.494 e. The highest BCUT2D eigenvalue weighted by Crippen LogP contribution is 2.18. The van der Waals surface area contributed by atoms with Gasteiger partial charge in [-0.25, -0.2) is 4.39 Å². The van der Waals surface area contributed by atoms with E-state index in [1.165, 1.54) is 13.2 Å². The molecule has 0 saturated carbocycles. The summed E-state index contributed by atoms with van der Waals surface area (Å²) in [6.45, 7) is 0.120. The fourth-order valence-electron chi connectivity index (χ4n) is 1.07. The summed E-state index contributed by atoms with van der Waals surface area (Å²) in [4.78, 5) is 0. The quantitative estimate of drug-likeness (QED) is 0.800. The molecule has 1 aromatic rings. The third kappa shape index (κ3) is 2.85. The third-order valence-electron chi connectivity index (χ3n) is 1.78. The number of hydrogen-bond acceptors (Lipinski definition) is 2. The Morgan fingerprint density at radius 2 is 2.29 bits per heavy atom. The Hall–Kier alpha value is -1.35. The number of benzene rings is 1. The summed E-state index contributed by atoms with van der Waals surface area (Å²) in [7, 11) is 1.43. The second-order valence-corrected chi connectivity index (χ2v) is 2.81. The van der Waals surface area contributed by atoms with E-state index in [2.05, 4.69) is 0 Å². The van der Waals surface area contributed by atoms with E-state index in [-0.39, 0.29) is 18.2 Å². The van der Waals surface area contributed by atoms with Crippen molar-refractivity contribution in [3.8, 4) is 5.75 Å². The van der Waals surface area contributed by atoms with E-state index in [1.54, 1.807) is 12.1 Å². The zero-order valence-corrected chi connectivity index (χ0v) is 8.03. The van der Waals surface area contributed by atoms with Crippen molar-refractivity contribution in [2.45, 2.75) is 6.42 Å². The van der Waals surface area contributed by atoms with Crippen LogP contribution in [0.25, 0.3) is 6.08 Å². The van der Waals surface area contributed by atoms with E-state index in [9.17, 15) is 4.39 Å². The van der Waals surface area contributed by atoms with Gasteiger partial charge in [-0.2, -0.15) is 0 Å². The predicted octanol–water partition coefficient (Wildman–Crippen LogP) is 2.23. The van der Waals surface area contributed by atoms with Gasteiger partial charge in [-0.05, 0) is 24.1 Å². The summed E-state index contributed by atoms with van der Waals surface area (Å²) in [5, 5.41) is 8.55. The van der Waals surface area contributed by atoms with Gasteiger partial charge < -0.3 is 9.84 Å². The monoisotopic (exact) mass is 196 g/mol. The van der Waals surface area contributed by atoms with Gasteiger partial charge in [-0.3, -0.25) is 0 Å². The Bertz CT molecular complexity index is 321. The van der Waals surface area contributed by atoms with Gasteiger partial charge in [0.2, 0.25) is 0 Å². The van der Waals surface area contributed by atoms with Crippen molar-refractivity contribution < 1.29 is 14.2 Å². The zero-order chi connectivity index (χ0) is 10.4. The van der Waals surface area contributed by atoms with Crippen molar-refractivity contribution in [3.05, 3.63) is 35.7 Å². The molecule has 3 heteroatoms. The van der Waals surface area contributed by atoms with Gasteiger partial charge in [0.15, 0.2) is 11.6 Å². The molecular formula is C11H13FO2. The maximum absolute atomic E-state index is 13.0. The van der Waals surface area contributed by atoms with Crippen LogP contribution < -0.4 is 4.74 Å². The molecule has 0 atom stereocenters. The fourth-order valence-corrected chi connectivity index (χ4v) is 1.07. The third-order valence-corrected chi connectivity index (χ3v) is 1.78. The molecule has 1 rings (SSSR count). The van der Waals surface area contributed by atoms with Gasteiger partial charge >= 0.3 is 0 Å². The topological polar surface area (TPSA) is 29.5 Å². The predicted molar refractivity (Wildman–Crippen MR) is 53.7 cm³/mol. The number of aliphatic hydroxyl groups is 1. The lowest BCUT2D eigenvalue weighted by Crippen LogP contribution is -1.88. The molecule has 0 heterocycles. The largest absolute Gasteiger partial charge is 0.494 e. The summed E-state index contributed by atoms with van der Waals surface area (Å²) in [5.41, 5.74) is 0.858. The molecule has 0 aliphatic carbocycles. The molecule has 0 amide bonds. The van der Waals surface area contributed by atoms with Gasteiger partial charge in [0.1, 0.15) is 0 Å². The Labute approximate surface area is 82.6 Å². The molecular weight excluding hydrogens is 183 g/mol. The van der Waals surface area contributed by atoms with Crippen molar-refractivity contribution in [3.63, 3.8) is 0 Å². The van der Waals surface area contributed by atoms with E-state index in [0.717, 1.165) is 5.56 Å². The van der Waals surface area contributed by atoms with Gasteiger partial charge in [0.05, 0.1) is 7.11 Å². The number of methoxy groups -OCH3 is 1. The number of rotatable bonds is 4. The number of aliphatic hydroxyl groups excluding tert-OH is 1. The van der Waals surface area contributed by atoms with Crippen LogP contribution >= 0.6 is 0 Å². The fraction of sp³-hybridized carbons (Fsp3) is 0.273. The molecule has 0 saturated heterocycles. The number of halogens is 1. The molecule has 2 nitrogen and oxygen atoms in total. The number of hydrogen-bond donors (Lipinski definition) is 1. The smallest absolute Gasteiger partial charge is 0.165 e. The minimum atomic E-state index is -0.369. The van der Waals surface area contributed by atoms with Crippen LogP contribution in [0.15, 0.2) is 24.3 Å². The minimum absolute atomic E-state index is 0.120. The first-order valence-electron chi connectivity index (χ1n) is 4.39. The van der Waals surface area contributed by atoms with Gasteiger partial charge in [-0.15, -0.1) is 0 Å². The van der Waals surface area contributed by atoms with Crippen LogP contribution in [0, 0.1) is 5.82 Å². The normalized spacial score (nSPS) is 10.8. The van der Waals surface area contributed by atoms with E-state index >= 15 is 0 Å². The molecule has 0 spiro atoms. The lowest BCUT2D eigenvalue weighted by Gasteiger charge is -2.02. The molecule has 0 bridgehead atoms. The van der Waals surface area contributed by atoms with Crippen LogP contribution in [0.4, 0.5) is 4.39 Å². The molecule has 76 valence electrons. The summed E-state index contributed by atoms with van der Waals surface area (Å²) >= 11 is 0. The van der Waals surface area contributed by atoms with Crippen molar-refractivity contribution in [2.75, 3.05) is 13.7 Å². The van der Waals surface area contributed by atoms with Gasteiger partial charge in [0.25, 0.3) is 0 Å². The van der Waals surface area contributed by atoms with Crippen LogP contribution in [0.2, 0.25) is 0 Å². The van der Waals surface area contributed by atoms with E-state index in [1.807, 2.05) is 12.2 Å². The van der Waals surface area contributed by atoms with Crippen molar-refractivity contribution in [1.82, 2.24) is 0 Å². The first-order valence-corrected chi connectivity index (χ1v) is 4.39. The first kappa shape index (κ1) is 10.7. The molecule has 0 unspecified atom stereocenters. The highest BCUT2D eigenvalue weighted by molar-refractivity contribution is 5.51. The molecule has 0 aliphatic rings. The molecule has 0 fully saturated rings. The maximum atomic E-state index is 13.0. The molecule has 0 aliphatic heterocycles. The SMILES string of the molecule is COc1cc(C=CCCO)ccc1F. The Kier molecular flexibility index (Phi) is 4.13. The average molecular weight is 196 g/mol. The Morgan fingerprint density at radius 3 is 2.93 bits per heavy atom. The summed E-state index contributed by atoms with van der Waals surface area (Å²) in [6, 6.07) is 4.63. The molecule has 0 radical (unpaired) electrons. The second-order valence-electron chi connectivity index (χ2n) is 2.81. The summed E-state index contributed by atoms with van der Waals surface area (Å²) in [5.74, 6) is -0.136. The maximum Gasteiger partial charge on any atom is 0.165 e. The Morgan fingerprint density at radius 1 is 1.50 bits per heavy atom. The number of ether oxygens (including phenoxy) is 1. The van der Waals surface area contributed by atoms with Crippen LogP contribution in [0.5, 0.6) is 5.75 Å². The second kappa shape index (κ2) is 5.40. The molecule has 1 N–H and O–H groups in total. The van der Waals surface area contributed by atoms with E-state index in [0.29, 0.717) is 6.42 Å². The molecule has 1 aromatic carbocycles. The molecule has 14 heavy (non-hydrogen) atoms.